The number of hydrogen-bond donors (Lipinski definition) is 5. The van der Waals surface area contributed by atoms with Gasteiger partial charge in [0.15, 0.2) is 0 Å². The highest BCUT2D eigenvalue weighted by Crippen LogP contribution is 2.15. The van der Waals surface area contributed by atoms with Crippen molar-refractivity contribution in [3.05, 3.63) is 58.2 Å². The quantitative estimate of drug-likeness (QED) is 0.121. The van der Waals surface area contributed by atoms with E-state index in [0.717, 1.165) is 0 Å². The third-order valence-corrected chi connectivity index (χ3v) is 7.11. The monoisotopic (exact) mass is 686 g/mol. The van der Waals surface area contributed by atoms with Gasteiger partial charge in [-0.1, -0.05) is 39.8 Å². The number of primary amides is 1. The molecule has 2 rings (SSSR count). The lowest BCUT2D eigenvalue weighted by atomic mass is 9.99. The Bertz CT molecular complexity index is 1470. The Hall–Kier alpha value is -5.02. The zero-order chi connectivity index (χ0) is 37.1. The number of aryl methyl sites for hydroxylation is 1. The topological polar surface area (TPSA) is 230 Å². The van der Waals surface area contributed by atoms with Crippen LogP contribution in [-0.2, 0) is 43.8 Å². The molecule has 0 saturated carbocycles. The van der Waals surface area contributed by atoms with Crippen molar-refractivity contribution in [1.82, 2.24) is 30.8 Å². The fourth-order valence-corrected chi connectivity index (χ4v) is 4.88. The molecule has 0 saturated heterocycles. The van der Waals surface area contributed by atoms with Gasteiger partial charge >= 0.3 is 6.09 Å². The molecule has 0 radical (unpaired) electrons. The number of nitrogens with one attached hydrogen (secondary N) is 4. The number of nitrogens with zero attached hydrogens (tertiary/aromatic N) is 3. The summed E-state index contributed by atoms with van der Waals surface area (Å²) in [4.78, 5) is 80.5. The Morgan fingerprint density at radius 3 is 1.73 bits per heavy atom. The van der Waals surface area contributed by atoms with Crippen molar-refractivity contribution in [3.8, 4) is 0 Å². The highest BCUT2D eigenvalue weighted by atomic mass is 16.6. The molecule has 0 aliphatic carbocycles. The summed E-state index contributed by atoms with van der Waals surface area (Å²) in [6.45, 7) is 12.5. The number of ether oxygens (including phenoxy) is 1. The molecule has 1 aromatic heterocycles. The predicted octanol–water partition coefficient (Wildman–Crippen LogP) is 2.04. The number of amides is 5. The number of alkyl carbamates (subject to hydrolysis) is 1. The maximum atomic E-state index is 13.7. The maximum absolute atomic E-state index is 13.7. The molecule has 270 valence electrons. The van der Waals surface area contributed by atoms with Crippen LogP contribution in [0.1, 0.15) is 72.6 Å². The molecule has 4 atom stereocenters. The number of imidazole rings is 1. The van der Waals surface area contributed by atoms with Crippen molar-refractivity contribution < 1.29 is 33.6 Å². The predicted molar refractivity (Wildman–Crippen MR) is 181 cm³/mol. The second-order valence-corrected chi connectivity index (χ2v) is 13.9. The van der Waals surface area contributed by atoms with Crippen molar-refractivity contribution in [2.24, 2.45) is 24.6 Å². The molecule has 16 heteroatoms. The minimum absolute atomic E-state index is 0.0174. The third kappa shape index (κ3) is 14.3. The zero-order valence-corrected chi connectivity index (χ0v) is 29.4. The Morgan fingerprint density at radius 2 is 1.33 bits per heavy atom. The Morgan fingerprint density at radius 1 is 0.837 bits per heavy atom. The number of non-ortho nitro benzene ring substituents is 1. The average Bonchev–Trinajstić information content (AvgIpc) is 3.38. The van der Waals surface area contributed by atoms with Gasteiger partial charge in [-0.25, -0.2) is 9.78 Å². The number of carbonyl (C=O) groups excluding carboxylic acids is 5. The smallest absolute Gasteiger partial charge is 0.408 e. The van der Waals surface area contributed by atoms with Gasteiger partial charge in [-0.15, -0.1) is 0 Å². The molecule has 6 N–H and O–H groups in total. The van der Waals surface area contributed by atoms with Gasteiger partial charge in [-0.3, -0.25) is 29.3 Å². The summed E-state index contributed by atoms with van der Waals surface area (Å²) in [6, 6.07) is 0.997. The fraction of sp³-hybridized carbons (Fsp3) is 0.576. The molecule has 0 aliphatic heterocycles. The van der Waals surface area contributed by atoms with E-state index in [9.17, 15) is 34.1 Å². The molecule has 0 unspecified atom stereocenters. The molecule has 2 aromatic rings. The van der Waals surface area contributed by atoms with Crippen molar-refractivity contribution in [2.45, 2.75) is 104 Å². The first kappa shape index (κ1) is 40.2. The van der Waals surface area contributed by atoms with Crippen molar-refractivity contribution in [3.63, 3.8) is 0 Å². The van der Waals surface area contributed by atoms with E-state index in [1.807, 2.05) is 27.7 Å². The number of rotatable bonds is 17. The van der Waals surface area contributed by atoms with Gasteiger partial charge in [0, 0.05) is 38.2 Å². The number of nitro benzene ring substituents is 1. The molecule has 49 heavy (non-hydrogen) atoms. The normalized spacial score (nSPS) is 13.9. The first-order valence-electron chi connectivity index (χ1n) is 16.1. The fourth-order valence-electron chi connectivity index (χ4n) is 4.88. The van der Waals surface area contributed by atoms with E-state index < -0.39 is 64.4 Å². The highest BCUT2D eigenvalue weighted by molar-refractivity contribution is 5.95. The van der Waals surface area contributed by atoms with Crippen LogP contribution in [0.15, 0.2) is 36.8 Å². The molecule has 0 aliphatic rings. The van der Waals surface area contributed by atoms with E-state index in [-0.39, 0.29) is 43.2 Å². The van der Waals surface area contributed by atoms with Crippen LogP contribution in [0, 0.1) is 22.0 Å². The van der Waals surface area contributed by atoms with Crippen LogP contribution >= 0.6 is 0 Å². The second-order valence-electron chi connectivity index (χ2n) is 13.9. The molecular weight excluding hydrogens is 636 g/mol. The highest BCUT2D eigenvalue weighted by Gasteiger charge is 2.33. The standard InChI is InChI=1S/C33H50N8O8/c1-19(2)13-25(29(43)36-24(28(34)42)15-21-9-11-23(12-10-21)41(47)48)37-30(44)26(14-20(3)4)38-31(45)27(16-22-17-40(8)18-35-22)39-32(46)49-33(5,6)7/h9-12,17-20,24-27H,13-16H2,1-8H3,(H2,34,42)(H,36,43)(H,37,44)(H,38,45)(H,39,46)/t24-,25-,26-,27-/m0/s1. The molecule has 1 heterocycles. The van der Waals surface area contributed by atoms with E-state index in [1.54, 1.807) is 44.9 Å². The number of carbonyl (C=O) groups is 5. The summed E-state index contributed by atoms with van der Waals surface area (Å²) in [7, 11) is 1.76. The molecular formula is C33H50N8O8. The van der Waals surface area contributed by atoms with Gasteiger partial charge in [-0.05, 0) is 51.0 Å². The summed E-state index contributed by atoms with van der Waals surface area (Å²) in [5.74, 6) is -2.90. The average molecular weight is 687 g/mol. The first-order chi connectivity index (χ1) is 22.7. The van der Waals surface area contributed by atoms with Crippen LogP contribution < -0.4 is 27.0 Å². The summed E-state index contributed by atoms with van der Waals surface area (Å²) in [6.07, 6.45) is 2.83. The Labute approximate surface area is 286 Å². The summed E-state index contributed by atoms with van der Waals surface area (Å²) >= 11 is 0. The van der Waals surface area contributed by atoms with E-state index in [0.29, 0.717) is 11.3 Å². The lowest BCUT2D eigenvalue weighted by molar-refractivity contribution is -0.384. The molecule has 16 nitrogen and oxygen atoms in total. The first-order valence-corrected chi connectivity index (χ1v) is 16.1. The van der Waals surface area contributed by atoms with Crippen molar-refractivity contribution in [1.29, 1.82) is 0 Å². The van der Waals surface area contributed by atoms with Gasteiger partial charge in [0.25, 0.3) is 5.69 Å². The van der Waals surface area contributed by atoms with Crippen LogP contribution in [0.25, 0.3) is 0 Å². The number of aromatic nitrogens is 2. The molecule has 5 amide bonds. The van der Waals surface area contributed by atoms with Gasteiger partial charge in [0.2, 0.25) is 23.6 Å². The van der Waals surface area contributed by atoms with Crippen LogP contribution in [0.5, 0.6) is 0 Å². The molecule has 0 bridgehead atoms. The number of nitro groups is 1. The number of benzene rings is 1. The lowest BCUT2D eigenvalue weighted by Gasteiger charge is -2.28. The van der Waals surface area contributed by atoms with Crippen LogP contribution in [-0.4, -0.2) is 74.0 Å². The summed E-state index contributed by atoms with van der Waals surface area (Å²) in [5, 5.41) is 21.6. The van der Waals surface area contributed by atoms with Gasteiger partial charge in [-0.2, -0.15) is 0 Å². The number of nitrogens with two attached hydrogens (primary N) is 1. The van der Waals surface area contributed by atoms with Gasteiger partial charge in [0.05, 0.1) is 16.9 Å². The third-order valence-electron chi connectivity index (χ3n) is 7.11. The zero-order valence-electron chi connectivity index (χ0n) is 29.4. The van der Waals surface area contributed by atoms with E-state index in [1.165, 1.54) is 24.3 Å². The summed E-state index contributed by atoms with van der Waals surface area (Å²) in [5.41, 5.74) is 5.68. The molecule has 0 fully saturated rings. The maximum Gasteiger partial charge on any atom is 0.408 e. The lowest BCUT2D eigenvalue weighted by Crippen LogP contribution is -2.59. The van der Waals surface area contributed by atoms with E-state index in [2.05, 4.69) is 26.3 Å². The number of hydrogen-bond acceptors (Lipinski definition) is 9. The molecule has 1 aromatic carbocycles. The second kappa shape index (κ2) is 17.9. The Balaban J connectivity index is 2.26. The van der Waals surface area contributed by atoms with E-state index in [4.69, 9.17) is 10.5 Å². The summed E-state index contributed by atoms with van der Waals surface area (Å²) < 4.78 is 7.05. The SMILES string of the molecule is CC(C)C[C@H](NC(=O)[C@H](CC(C)C)NC(=O)[C@H](Cc1cn(C)cn1)NC(=O)OC(C)(C)C)C(=O)N[C@@H](Cc1ccc([N+](=O)[O-])cc1)C(N)=O. The van der Waals surface area contributed by atoms with Crippen LogP contribution in [0.4, 0.5) is 10.5 Å². The van der Waals surface area contributed by atoms with Gasteiger partial charge in [0.1, 0.15) is 29.8 Å². The van der Waals surface area contributed by atoms with Gasteiger partial charge < -0.3 is 36.3 Å². The minimum atomic E-state index is -1.17. The largest absolute Gasteiger partial charge is 0.444 e. The van der Waals surface area contributed by atoms with E-state index >= 15 is 0 Å². The van der Waals surface area contributed by atoms with Crippen molar-refractivity contribution >= 4 is 35.4 Å². The Kier molecular flexibility index (Phi) is 14.7. The van der Waals surface area contributed by atoms with Crippen LogP contribution in [0.2, 0.25) is 0 Å². The van der Waals surface area contributed by atoms with Crippen molar-refractivity contribution in [2.75, 3.05) is 0 Å². The minimum Gasteiger partial charge on any atom is -0.444 e. The molecule has 0 spiro atoms. The van der Waals surface area contributed by atoms with Crippen LogP contribution in [0.3, 0.4) is 0 Å².